The van der Waals surface area contributed by atoms with Crippen LogP contribution in [-0.2, 0) is 24.2 Å². The van der Waals surface area contributed by atoms with Gasteiger partial charge in [0.05, 0.1) is 6.61 Å². The number of hydrogen-bond acceptors (Lipinski definition) is 4. The molecule has 0 atom stereocenters. The second kappa shape index (κ2) is 7.93. The van der Waals surface area contributed by atoms with E-state index in [9.17, 15) is 15.3 Å². The first-order valence-electron chi connectivity index (χ1n) is 8.43. The Morgan fingerprint density at radius 1 is 0.654 bits per heavy atom. The molecule has 134 valence electrons. The number of benzene rings is 3. The molecule has 3 aromatic carbocycles. The summed E-state index contributed by atoms with van der Waals surface area (Å²) in [6.45, 7) is 0.495. The van der Waals surface area contributed by atoms with Gasteiger partial charge in [0.15, 0.2) is 0 Å². The molecule has 0 heterocycles. The zero-order valence-corrected chi connectivity index (χ0v) is 14.6. The predicted octanol–water partition coefficient (Wildman–Crippen LogP) is 4.13. The van der Waals surface area contributed by atoms with E-state index in [0.717, 1.165) is 27.8 Å². The van der Waals surface area contributed by atoms with Gasteiger partial charge in [0.25, 0.3) is 0 Å². The van der Waals surface area contributed by atoms with Gasteiger partial charge in [-0.25, -0.2) is 0 Å². The molecule has 0 spiro atoms. The van der Waals surface area contributed by atoms with Gasteiger partial charge in [0.1, 0.15) is 17.2 Å². The van der Waals surface area contributed by atoms with E-state index in [1.165, 1.54) is 0 Å². The maximum absolute atomic E-state index is 10.2. The van der Waals surface area contributed by atoms with Crippen molar-refractivity contribution in [1.29, 1.82) is 0 Å². The Bertz CT molecular complexity index is 885. The van der Waals surface area contributed by atoms with Gasteiger partial charge in [-0.15, -0.1) is 0 Å². The third kappa shape index (κ3) is 4.35. The summed E-state index contributed by atoms with van der Waals surface area (Å²) in [7, 11) is 1.64. The van der Waals surface area contributed by atoms with E-state index in [1.807, 2.05) is 36.4 Å². The molecule has 4 heteroatoms. The van der Waals surface area contributed by atoms with Gasteiger partial charge in [0, 0.05) is 20.0 Å². The van der Waals surface area contributed by atoms with Crippen LogP contribution in [-0.4, -0.2) is 22.4 Å². The zero-order chi connectivity index (χ0) is 18.5. The third-order valence-electron chi connectivity index (χ3n) is 4.32. The molecule has 0 bridgehead atoms. The average Bonchev–Trinajstić information content (AvgIpc) is 2.63. The third-order valence-corrected chi connectivity index (χ3v) is 4.32. The van der Waals surface area contributed by atoms with E-state index >= 15 is 0 Å². The average molecular weight is 350 g/mol. The summed E-state index contributed by atoms with van der Waals surface area (Å²) in [6, 6.07) is 17.9. The lowest BCUT2D eigenvalue weighted by atomic mass is 9.97. The Hall–Kier alpha value is -2.98. The van der Waals surface area contributed by atoms with Crippen molar-refractivity contribution >= 4 is 0 Å². The van der Waals surface area contributed by atoms with Crippen LogP contribution < -0.4 is 0 Å². The minimum Gasteiger partial charge on any atom is -0.508 e. The van der Waals surface area contributed by atoms with Crippen LogP contribution in [0.5, 0.6) is 17.2 Å². The molecular weight excluding hydrogens is 328 g/mol. The molecule has 0 aromatic heterocycles. The highest BCUT2D eigenvalue weighted by Gasteiger charge is 2.08. The Morgan fingerprint density at radius 3 is 1.77 bits per heavy atom. The van der Waals surface area contributed by atoms with Crippen molar-refractivity contribution in [3.05, 3.63) is 88.5 Å². The summed E-state index contributed by atoms with van der Waals surface area (Å²) in [5.74, 6) is 0.704. The van der Waals surface area contributed by atoms with Gasteiger partial charge < -0.3 is 20.1 Å². The molecule has 4 nitrogen and oxygen atoms in total. The second-order valence-corrected chi connectivity index (χ2v) is 6.38. The minimum atomic E-state index is 0.220. The molecule has 3 aromatic rings. The topological polar surface area (TPSA) is 69.9 Å². The Morgan fingerprint density at radius 2 is 1.15 bits per heavy atom. The number of aromatic hydroxyl groups is 3. The number of phenolic OH excluding ortho intramolecular Hbond substituents is 3. The molecule has 0 aliphatic carbocycles. The fraction of sp³-hybridized carbons (Fsp3) is 0.182. The Balaban J connectivity index is 1.83. The van der Waals surface area contributed by atoms with Crippen LogP contribution in [0.1, 0.15) is 27.8 Å². The van der Waals surface area contributed by atoms with E-state index in [1.54, 1.807) is 31.4 Å². The Kier molecular flexibility index (Phi) is 5.44. The number of hydrogen-bond donors (Lipinski definition) is 3. The molecule has 0 unspecified atom stereocenters. The maximum Gasteiger partial charge on any atom is 0.119 e. The fourth-order valence-electron chi connectivity index (χ4n) is 2.98. The molecule has 0 saturated heterocycles. The summed E-state index contributed by atoms with van der Waals surface area (Å²) in [6.07, 6.45) is 1.13. The van der Waals surface area contributed by atoms with Crippen molar-refractivity contribution in [2.45, 2.75) is 19.4 Å². The lowest BCUT2D eigenvalue weighted by molar-refractivity contribution is 0.185. The summed E-state index contributed by atoms with van der Waals surface area (Å²) >= 11 is 0. The van der Waals surface area contributed by atoms with Crippen LogP contribution in [0.15, 0.2) is 60.7 Å². The molecule has 0 radical (unpaired) electrons. The summed E-state index contributed by atoms with van der Waals surface area (Å²) in [5.41, 5.74) is 4.63. The van der Waals surface area contributed by atoms with E-state index in [2.05, 4.69) is 0 Å². The number of methoxy groups -OCH3 is 1. The Labute approximate surface area is 153 Å². The van der Waals surface area contributed by atoms with Crippen molar-refractivity contribution in [1.82, 2.24) is 0 Å². The predicted molar refractivity (Wildman–Crippen MR) is 101 cm³/mol. The van der Waals surface area contributed by atoms with Gasteiger partial charge >= 0.3 is 0 Å². The van der Waals surface area contributed by atoms with E-state index < -0.39 is 0 Å². The monoisotopic (exact) mass is 350 g/mol. The summed E-state index contributed by atoms with van der Waals surface area (Å²) < 4.78 is 5.15. The van der Waals surface area contributed by atoms with E-state index in [4.69, 9.17) is 4.74 Å². The normalized spacial score (nSPS) is 10.8. The van der Waals surface area contributed by atoms with E-state index in [0.29, 0.717) is 19.4 Å². The SMILES string of the molecule is COCc1ccc(O)c(Cc2ccc(O)c(Cc3ccc(O)cc3)c2)c1. The maximum atomic E-state index is 10.2. The van der Waals surface area contributed by atoms with Crippen LogP contribution in [0.2, 0.25) is 0 Å². The molecule has 0 amide bonds. The standard InChI is InChI=1S/C22H22O4/c1-26-14-17-5-9-22(25)19(13-17)12-16-4-8-21(24)18(11-16)10-15-2-6-20(23)7-3-15/h2-9,11,13,23-25H,10,12,14H2,1H3. The molecule has 3 N–H and O–H groups in total. The second-order valence-electron chi connectivity index (χ2n) is 6.38. The quantitative estimate of drug-likeness (QED) is 0.625. The van der Waals surface area contributed by atoms with Crippen LogP contribution in [0.3, 0.4) is 0 Å². The first-order chi connectivity index (χ1) is 12.5. The number of ether oxygens (including phenoxy) is 1. The van der Waals surface area contributed by atoms with Crippen LogP contribution in [0.25, 0.3) is 0 Å². The minimum absolute atomic E-state index is 0.220. The van der Waals surface area contributed by atoms with Crippen LogP contribution in [0.4, 0.5) is 0 Å². The summed E-state index contributed by atoms with van der Waals surface area (Å²) in [4.78, 5) is 0. The lowest BCUT2D eigenvalue weighted by Crippen LogP contribution is -1.96. The smallest absolute Gasteiger partial charge is 0.119 e. The molecule has 0 saturated carbocycles. The first-order valence-corrected chi connectivity index (χ1v) is 8.43. The largest absolute Gasteiger partial charge is 0.508 e. The molecule has 3 rings (SSSR count). The van der Waals surface area contributed by atoms with Crippen molar-refractivity contribution in [2.24, 2.45) is 0 Å². The van der Waals surface area contributed by atoms with Gasteiger partial charge in [-0.3, -0.25) is 0 Å². The highest BCUT2D eigenvalue weighted by molar-refractivity contribution is 5.44. The highest BCUT2D eigenvalue weighted by Crippen LogP contribution is 2.27. The first kappa shape index (κ1) is 17.8. The number of phenols is 3. The molecule has 0 fully saturated rings. The van der Waals surface area contributed by atoms with Gasteiger partial charge in [-0.05, 0) is 58.1 Å². The lowest BCUT2D eigenvalue weighted by Gasteiger charge is -2.11. The zero-order valence-electron chi connectivity index (χ0n) is 14.6. The van der Waals surface area contributed by atoms with Gasteiger partial charge in [-0.1, -0.05) is 30.3 Å². The van der Waals surface area contributed by atoms with Crippen molar-refractivity contribution in [2.75, 3.05) is 7.11 Å². The van der Waals surface area contributed by atoms with Crippen molar-refractivity contribution in [3.8, 4) is 17.2 Å². The van der Waals surface area contributed by atoms with Crippen molar-refractivity contribution < 1.29 is 20.1 Å². The van der Waals surface area contributed by atoms with Gasteiger partial charge in [-0.2, -0.15) is 0 Å². The number of rotatable bonds is 6. The van der Waals surface area contributed by atoms with Gasteiger partial charge in [0.2, 0.25) is 0 Å². The fourth-order valence-corrected chi connectivity index (χ4v) is 2.98. The molecule has 26 heavy (non-hydrogen) atoms. The summed E-state index contributed by atoms with van der Waals surface area (Å²) in [5, 5.41) is 29.7. The van der Waals surface area contributed by atoms with E-state index in [-0.39, 0.29) is 17.2 Å². The molecular formula is C22H22O4. The molecule has 0 aliphatic rings. The van der Waals surface area contributed by atoms with Crippen LogP contribution >= 0.6 is 0 Å². The van der Waals surface area contributed by atoms with Crippen molar-refractivity contribution in [3.63, 3.8) is 0 Å². The highest BCUT2D eigenvalue weighted by atomic mass is 16.5. The van der Waals surface area contributed by atoms with Crippen LogP contribution in [0, 0.1) is 0 Å². The molecule has 0 aliphatic heterocycles.